The van der Waals surface area contributed by atoms with Crippen molar-refractivity contribution in [3.05, 3.63) is 58.0 Å². The van der Waals surface area contributed by atoms with Gasteiger partial charge in [0.1, 0.15) is 22.2 Å². The van der Waals surface area contributed by atoms with Gasteiger partial charge in [0.05, 0.1) is 30.7 Å². The first-order valence-corrected chi connectivity index (χ1v) is 8.86. The Labute approximate surface area is 154 Å². The first-order valence-electron chi connectivity index (χ1n) is 7.98. The summed E-state index contributed by atoms with van der Waals surface area (Å²) in [6.07, 6.45) is 0. The molecule has 8 heteroatoms. The van der Waals surface area contributed by atoms with Crippen LogP contribution in [0.15, 0.2) is 41.9 Å². The van der Waals surface area contributed by atoms with E-state index in [1.807, 2.05) is 30.3 Å². The van der Waals surface area contributed by atoms with E-state index in [2.05, 4.69) is 10.2 Å². The van der Waals surface area contributed by atoms with Gasteiger partial charge < -0.3 is 21.1 Å². The van der Waals surface area contributed by atoms with Crippen molar-refractivity contribution in [1.82, 2.24) is 10.2 Å². The zero-order valence-corrected chi connectivity index (χ0v) is 14.9. The highest BCUT2D eigenvalue weighted by Gasteiger charge is 2.42. The maximum absolute atomic E-state index is 13.2. The molecule has 1 aromatic heterocycles. The Morgan fingerprint density at radius 3 is 2.62 bits per heavy atom. The highest BCUT2D eigenvalue weighted by Crippen LogP contribution is 2.46. The number of rotatable bonds is 4. The third-order valence-corrected chi connectivity index (χ3v) is 5.27. The molecule has 4 rings (SSSR count). The van der Waals surface area contributed by atoms with Crippen LogP contribution in [0.4, 0.5) is 17.1 Å². The van der Waals surface area contributed by atoms with E-state index in [1.165, 1.54) is 11.3 Å². The number of methoxy groups -OCH3 is 1. The first kappa shape index (κ1) is 16.3. The molecule has 2 heterocycles. The number of nitrogens with zero attached hydrogens (tertiary/aromatic N) is 3. The van der Waals surface area contributed by atoms with Crippen molar-refractivity contribution in [3.8, 4) is 5.75 Å². The van der Waals surface area contributed by atoms with Crippen molar-refractivity contribution in [3.63, 3.8) is 0 Å². The monoisotopic (exact) mass is 367 g/mol. The zero-order valence-electron chi connectivity index (χ0n) is 14.0. The van der Waals surface area contributed by atoms with E-state index in [0.717, 1.165) is 17.0 Å². The Hall–Kier alpha value is -3.13. The van der Waals surface area contributed by atoms with E-state index in [0.29, 0.717) is 28.5 Å². The molecular weight excluding hydrogens is 350 g/mol. The molecule has 0 saturated heterocycles. The number of aromatic nitrogens is 2. The summed E-state index contributed by atoms with van der Waals surface area (Å²) < 4.78 is 5.19. The summed E-state index contributed by atoms with van der Waals surface area (Å²) >= 11 is 1.33. The lowest BCUT2D eigenvalue weighted by molar-refractivity contribution is -0.118. The summed E-state index contributed by atoms with van der Waals surface area (Å²) in [5.41, 5.74) is 17.1. The summed E-state index contributed by atoms with van der Waals surface area (Å²) in [4.78, 5) is 14.9. The molecular formula is C18H17N5O2S. The van der Waals surface area contributed by atoms with Crippen LogP contribution in [0.2, 0.25) is 0 Å². The number of carbonyl (C=O) groups is 1. The molecule has 132 valence electrons. The molecule has 26 heavy (non-hydrogen) atoms. The molecule has 1 unspecified atom stereocenters. The predicted octanol–water partition coefficient (Wildman–Crippen LogP) is 2.39. The Balaban J connectivity index is 1.77. The summed E-state index contributed by atoms with van der Waals surface area (Å²) in [5.74, 6) is 0.120. The highest BCUT2D eigenvalue weighted by atomic mass is 32.1. The van der Waals surface area contributed by atoms with E-state index in [4.69, 9.17) is 16.2 Å². The van der Waals surface area contributed by atoms with Crippen LogP contribution in [0.1, 0.15) is 22.1 Å². The lowest BCUT2D eigenvalue weighted by Crippen LogP contribution is -2.28. The Kier molecular flexibility index (Phi) is 3.96. The number of anilines is 3. The fourth-order valence-electron chi connectivity index (χ4n) is 3.19. The predicted molar refractivity (Wildman–Crippen MR) is 101 cm³/mol. The first-order chi connectivity index (χ1) is 12.6. The molecule has 3 aromatic rings. The number of nitrogen functional groups attached to an aromatic ring is 2. The molecule has 0 fully saturated rings. The lowest BCUT2D eigenvalue weighted by Gasteiger charge is -2.18. The van der Waals surface area contributed by atoms with E-state index in [9.17, 15) is 4.79 Å². The van der Waals surface area contributed by atoms with Gasteiger partial charge in [0, 0.05) is 5.56 Å². The molecule has 0 bridgehead atoms. The number of carbonyl (C=O) groups excluding carboxylic acids is 1. The van der Waals surface area contributed by atoms with Crippen molar-refractivity contribution in [1.29, 1.82) is 0 Å². The van der Waals surface area contributed by atoms with Gasteiger partial charge in [-0.05, 0) is 29.8 Å². The second kappa shape index (κ2) is 6.30. The number of amides is 1. The SMILES string of the molecule is COc1ccc(CN2C(=O)C(c3nncs3)c3c2ccc(N)c3N)cc1. The van der Waals surface area contributed by atoms with Crippen molar-refractivity contribution >= 4 is 34.3 Å². The Bertz CT molecular complexity index is 956. The fraction of sp³-hybridized carbons (Fsp3) is 0.167. The molecule has 0 aliphatic carbocycles. The van der Waals surface area contributed by atoms with Crippen LogP contribution < -0.4 is 21.1 Å². The van der Waals surface area contributed by atoms with Crippen molar-refractivity contribution in [2.24, 2.45) is 0 Å². The number of fused-ring (bicyclic) bond motifs is 1. The second-order valence-corrected chi connectivity index (χ2v) is 6.85. The van der Waals surface area contributed by atoms with Crippen LogP contribution in [-0.4, -0.2) is 23.2 Å². The van der Waals surface area contributed by atoms with Gasteiger partial charge in [-0.2, -0.15) is 0 Å². The quantitative estimate of drug-likeness (QED) is 0.686. The van der Waals surface area contributed by atoms with Crippen molar-refractivity contribution in [2.75, 3.05) is 23.5 Å². The summed E-state index contributed by atoms with van der Waals surface area (Å²) in [5, 5.41) is 8.57. The number of hydrogen-bond donors (Lipinski definition) is 2. The van der Waals surface area contributed by atoms with E-state index >= 15 is 0 Å². The molecule has 1 amide bonds. The molecule has 7 nitrogen and oxygen atoms in total. The Morgan fingerprint density at radius 2 is 1.96 bits per heavy atom. The van der Waals surface area contributed by atoms with Crippen molar-refractivity contribution < 1.29 is 9.53 Å². The van der Waals surface area contributed by atoms with Crippen LogP contribution in [-0.2, 0) is 11.3 Å². The van der Waals surface area contributed by atoms with E-state index in [-0.39, 0.29) is 5.91 Å². The minimum absolute atomic E-state index is 0.0788. The van der Waals surface area contributed by atoms with E-state index in [1.54, 1.807) is 23.6 Å². The standard InChI is InChI=1S/C18H17N5O2S/c1-25-11-4-2-10(3-5-11)8-23-13-7-6-12(19)16(20)14(13)15(18(23)24)17-22-21-9-26-17/h2-7,9,15H,8,19-20H2,1H3. The van der Waals surface area contributed by atoms with Gasteiger partial charge in [-0.15, -0.1) is 21.5 Å². The van der Waals surface area contributed by atoms with Crippen LogP contribution in [0.3, 0.4) is 0 Å². The maximum atomic E-state index is 13.2. The van der Waals surface area contributed by atoms with Crippen LogP contribution in [0, 0.1) is 0 Å². The second-order valence-electron chi connectivity index (χ2n) is 5.98. The van der Waals surface area contributed by atoms with Gasteiger partial charge in [-0.3, -0.25) is 4.79 Å². The fourth-order valence-corrected chi connectivity index (χ4v) is 3.84. The summed E-state index contributed by atoms with van der Waals surface area (Å²) in [7, 11) is 1.62. The Morgan fingerprint density at radius 1 is 1.19 bits per heavy atom. The average molecular weight is 367 g/mol. The molecule has 0 saturated carbocycles. The number of ether oxygens (including phenoxy) is 1. The third-order valence-electron chi connectivity index (χ3n) is 4.51. The number of nitrogens with two attached hydrogens (primary N) is 2. The van der Waals surface area contributed by atoms with Gasteiger partial charge >= 0.3 is 0 Å². The molecule has 2 aromatic carbocycles. The smallest absolute Gasteiger partial charge is 0.242 e. The maximum Gasteiger partial charge on any atom is 0.242 e. The highest BCUT2D eigenvalue weighted by molar-refractivity contribution is 7.09. The zero-order chi connectivity index (χ0) is 18.3. The molecule has 0 radical (unpaired) electrons. The number of hydrogen-bond acceptors (Lipinski definition) is 7. The molecule has 4 N–H and O–H groups in total. The van der Waals surface area contributed by atoms with Gasteiger partial charge in [-0.1, -0.05) is 12.1 Å². The van der Waals surface area contributed by atoms with Gasteiger partial charge in [-0.25, -0.2) is 0 Å². The minimum atomic E-state index is -0.570. The number of benzene rings is 2. The topological polar surface area (TPSA) is 107 Å². The van der Waals surface area contributed by atoms with Gasteiger partial charge in [0.15, 0.2) is 0 Å². The average Bonchev–Trinajstić information content (AvgIpc) is 3.26. The molecule has 0 spiro atoms. The summed E-state index contributed by atoms with van der Waals surface area (Å²) in [6.45, 7) is 0.425. The van der Waals surface area contributed by atoms with Crippen LogP contribution >= 0.6 is 11.3 Å². The minimum Gasteiger partial charge on any atom is -0.497 e. The van der Waals surface area contributed by atoms with Gasteiger partial charge in [0.2, 0.25) is 5.91 Å². The lowest BCUT2D eigenvalue weighted by atomic mass is 9.99. The van der Waals surface area contributed by atoms with E-state index < -0.39 is 5.92 Å². The van der Waals surface area contributed by atoms with Gasteiger partial charge in [0.25, 0.3) is 0 Å². The van der Waals surface area contributed by atoms with Crippen LogP contribution in [0.5, 0.6) is 5.75 Å². The summed E-state index contributed by atoms with van der Waals surface area (Å²) in [6, 6.07) is 11.2. The van der Waals surface area contributed by atoms with Crippen LogP contribution in [0.25, 0.3) is 0 Å². The molecule has 1 aliphatic heterocycles. The molecule has 1 atom stereocenters. The largest absolute Gasteiger partial charge is 0.497 e. The molecule has 1 aliphatic rings. The normalized spacial score (nSPS) is 16.0. The van der Waals surface area contributed by atoms with Crippen molar-refractivity contribution in [2.45, 2.75) is 12.5 Å². The third kappa shape index (κ3) is 2.55.